The maximum atomic E-state index is 9.78. The lowest BCUT2D eigenvalue weighted by atomic mass is 10.2. The second kappa shape index (κ2) is 4.60. The Morgan fingerprint density at radius 2 is 2.40 bits per heavy atom. The molecule has 1 aliphatic carbocycles. The first-order valence-electron chi connectivity index (χ1n) is 5.46. The number of hydrogen-bond acceptors (Lipinski definition) is 4. The van der Waals surface area contributed by atoms with Crippen LogP contribution in [-0.4, -0.2) is 34.2 Å². The molecule has 2 rings (SSSR count). The molecule has 1 heterocycles. The van der Waals surface area contributed by atoms with Gasteiger partial charge in [-0.3, -0.25) is 4.90 Å². The molecule has 2 atom stereocenters. The summed E-state index contributed by atoms with van der Waals surface area (Å²) in [5.41, 5.74) is 1.12. The van der Waals surface area contributed by atoms with E-state index >= 15 is 0 Å². The van der Waals surface area contributed by atoms with Crippen LogP contribution in [0, 0.1) is 6.92 Å². The largest absolute Gasteiger partial charge is 0.391 e. The fourth-order valence-corrected chi connectivity index (χ4v) is 2.89. The molecule has 0 saturated heterocycles. The van der Waals surface area contributed by atoms with E-state index in [2.05, 4.69) is 22.3 Å². The number of aryl methyl sites for hydroxylation is 1. The maximum Gasteiger partial charge on any atom is 0.0897 e. The zero-order valence-electron chi connectivity index (χ0n) is 9.31. The SMILES string of the molecule is Cc1nc(CN(C)[C@H]2CCC[C@@H]2O)cs1. The third-order valence-corrected chi connectivity index (χ3v) is 3.91. The lowest BCUT2D eigenvalue weighted by Crippen LogP contribution is -2.37. The molecule has 1 aliphatic rings. The van der Waals surface area contributed by atoms with Crippen LogP contribution in [0.15, 0.2) is 5.38 Å². The van der Waals surface area contributed by atoms with Crippen molar-refractivity contribution < 1.29 is 5.11 Å². The Bertz CT molecular complexity index is 326. The van der Waals surface area contributed by atoms with E-state index in [1.54, 1.807) is 11.3 Å². The van der Waals surface area contributed by atoms with Gasteiger partial charge in [-0.2, -0.15) is 0 Å². The van der Waals surface area contributed by atoms with Crippen LogP contribution < -0.4 is 0 Å². The van der Waals surface area contributed by atoms with Crippen LogP contribution in [0.3, 0.4) is 0 Å². The summed E-state index contributed by atoms with van der Waals surface area (Å²) in [6, 6.07) is 0.326. The highest BCUT2D eigenvalue weighted by Crippen LogP contribution is 2.24. The van der Waals surface area contributed by atoms with Crippen molar-refractivity contribution in [3.8, 4) is 0 Å². The minimum absolute atomic E-state index is 0.144. The molecule has 0 aliphatic heterocycles. The Kier molecular flexibility index (Phi) is 3.38. The summed E-state index contributed by atoms with van der Waals surface area (Å²) in [7, 11) is 2.08. The van der Waals surface area contributed by atoms with Crippen molar-refractivity contribution in [2.45, 2.75) is 44.9 Å². The van der Waals surface area contributed by atoms with Gasteiger partial charge in [0.15, 0.2) is 0 Å². The van der Waals surface area contributed by atoms with Crippen molar-refractivity contribution in [1.82, 2.24) is 9.88 Å². The van der Waals surface area contributed by atoms with Crippen LogP contribution in [0.25, 0.3) is 0 Å². The first-order valence-corrected chi connectivity index (χ1v) is 6.34. The van der Waals surface area contributed by atoms with Crippen LogP contribution in [-0.2, 0) is 6.54 Å². The van der Waals surface area contributed by atoms with E-state index in [0.717, 1.165) is 36.5 Å². The average Bonchev–Trinajstić information content (AvgIpc) is 2.75. The van der Waals surface area contributed by atoms with E-state index < -0.39 is 0 Å². The quantitative estimate of drug-likeness (QED) is 0.853. The van der Waals surface area contributed by atoms with Gasteiger partial charge in [0.25, 0.3) is 0 Å². The summed E-state index contributed by atoms with van der Waals surface area (Å²) in [5, 5.41) is 13.0. The van der Waals surface area contributed by atoms with Crippen molar-refractivity contribution in [2.24, 2.45) is 0 Å². The second-order valence-corrected chi connectivity index (χ2v) is 5.40. The monoisotopic (exact) mass is 226 g/mol. The molecule has 0 bridgehead atoms. The summed E-state index contributed by atoms with van der Waals surface area (Å²) in [4.78, 5) is 6.67. The molecule has 1 saturated carbocycles. The predicted molar refractivity (Wildman–Crippen MR) is 62.0 cm³/mol. The fourth-order valence-electron chi connectivity index (χ4n) is 2.29. The minimum atomic E-state index is -0.144. The lowest BCUT2D eigenvalue weighted by Gasteiger charge is -2.26. The molecule has 0 amide bonds. The molecular formula is C11H18N2OS. The molecule has 0 spiro atoms. The summed E-state index contributed by atoms with van der Waals surface area (Å²) >= 11 is 1.69. The van der Waals surface area contributed by atoms with Crippen LogP contribution in [0.4, 0.5) is 0 Å². The van der Waals surface area contributed by atoms with Crippen LogP contribution in [0.1, 0.15) is 30.0 Å². The molecule has 1 fully saturated rings. The molecule has 15 heavy (non-hydrogen) atoms. The average molecular weight is 226 g/mol. The summed E-state index contributed by atoms with van der Waals surface area (Å²) in [6.45, 7) is 2.88. The molecule has 3 nitrogen and oxygen atoms in total. The normalized spacial score (nSPS) is 26.4. The topological polar surface area (TPSA) is 36.4 Å². The molecule has 1 aromatic rings. The van der Waals surface area contributed by atoms with Gasteiger partial charge < -0.3 is 5.11 Å². The second-order valence-electron chi connectivity index (χ2n) is 4.34. The molecule has 84 valence electrons. The Balaban J connectivity index is 1.94. The number of nitrogens with zero attached hydrogens (tertiary/aromatic N) is 2. The van der Waals surface area contributed by atoms with Gasteiger partial charge in [0, 0.05) is 18.0 Å². The third kappa shape index (κ3) is 2.56. The lowest BCUT2D eigenvalue weighted by molar-refractivity contribution is 0.0819. The third-order valence-electron chi connectivity index (χ3n) is 3.09. The van der Waals surface area contributed by atoms with Crippen LogP contribution in [0.2, 0.25) is 0 Å². The number of thiazole rings is 1. The van der Waals surface area contributed by atoms with E-state index in [1.807, 2.05) is 6.92 Å². The van der Waals surface area contributed by atoms with E-state index in [9.17, 15) is 5.11 Å². The van der Waals surface area contributed by atoms with Crippen molar-refractivity contribution in [2.75, 3.05) is 7.05 Å². The fraction of sp³-hybridized carbons (Fsp3) is 0.727. The molecule has 1 N–H and O–H groups in total. The standard InChI is InChI=1S/C11H18N2OS/c1-8-12-9(7-15-8)6-13(2)10-4-3-5-11(10)14/h7,10-11,14H,3-6H2,1-2H3/t10-,11-/m0/s1. The minimum Gasteiger partial charge on any atom is -0.391 e. The van der Waals surface area contributed by atoms with Crippen molar-refractivity contribution >= 4 is 11.3 Å². The molecule has 0 aromatic carbocycles. The molecular weight excluding hydrogens is 208 g/mol. The smallest absolute Gasteiger partial charge is 0.0897 e. The Hall–Kier alpha value is -0.450. The summed E-state index contributed by atoms with van der Waals surface area (Å²) < 4.78 is 0. The van der Waals surface area contributed by atoms with Crippen molar-refractivity contribution in [1.29, 1.82) is 0 Å². The van der Waals surface area contributed by atoms with Crippen LogP contribution >= 0.6 is 11.3 Å². The van der Waals surface area contributed by atoms with E-state index in [0.29, 0.717) is 6.04 Å². The van der Waals surface area contributed by atoms with E-state index in [4.69, 9.17) is 0 Å². The van der Waals surface area contributed by atoms with Gasteiger partial charge >= 0.3 is 0 Å². The van der Waals surface area contributed by atoms with Gasteiger partial charge in [-0.05, 0) is 33.2 Å². The summed E-state index contributed by atoms with van der Waals surface area (Å²) in [6.07, 6.45) is 3.06. The molecule has 0 radical (unpaired) electrons. The Labute approximate surface area is 94.8 Å². The number of likely N-dealkylation sites (N-methyl/N-ethyl adjacent to an activating group) is 1. The van der Waals surface area contributed by atoms with Gasteiger partial charge in [-0.1, -0.05) is 0 Å². The van der Waals surface area contributed by atoms with Gasteiger partial charge in [0.1, 0.15) is 0 Å². The zero-order chi connectivity index (χ0) is 10.8. The Morgan fingerprint density at radius 3 is 2.93 bits per heavy atom. The number of hydrogen-bond donors (Lipinski definition) is 1. The number of rotatable bonds is 3. The predicted octanol–water partition coefficient (Wildman–Crippen LogP) is 1.80. The Morgan fingerprint density at radius 1 is 1.60 bits per heavy atom. The highest BCUT2D eigenvalue weighted by atomic mass is 32.1. The first-order chi connectivity index (χ1) is 7.16. The van der Waals surface area contributed by atoms with Gasteiger partial charge in [-0.15, -0.1) is 11.3 Å². The highest BCUT2D eigenvalue weighted by Gasteiger charge is 2.28. The van der Waals surface area contributed by atoms with Gasteiger partial charge in [0.05, 0.1) is 16.8 Å². The first kappa shape index (κ1) is 11.0. The van der Waals surface area contributed by atoms with Crippen molar-refractivity contribution in [3.63, 3.8) is 0 Å². The van der Waals surface area contributed by atoms with E-state index in [-0.39, 0.29) is 6.10 Å². The van der Waals surface area contributed by atoms with Crippen molar-refractivity contribution in [3.05, 3.63) is 16.1 Å². The number of aliphatic hydroxyl groups excluding tert-OH is 1. The highest BCUT2D eigenvalue weighted by molar-refractivity contribution is 7.09. The maximum absolute atomic E-state index is 9.78. The zero-order valence-corrected chi connectivity index (χ0v) is 10.1. The number of aromatic nitrogens is 1. The molecule has 1 aromatic heterocycles. The summed E-state index contributed by atoms with van der Waals surface area (Å²) in [5.74, 6) is 0. The molecule has 4 heteroatoms. The van der Waals surface area contributed by atoms with Gasteiger partial charge in [-0.25, -0.2) is 4.98 Å². The van der Waals surface area contributed by atoms with E-state index in [1.165, 1.54) is 0 Å². The van der Waals surface area contributed by atoms with Crippen LogP contribution in [0.5, 0.6) is 0 Å². The number of aliphatic hydroxyl groups is 1. The molecule has 0 unspecified atom stereocenters. The van der Waals surface area contributed by atoms with Gasteiger partial charge in [0.2, 0.25) is 0 Å².